The summed E-state index contributed by atoms with van der Waals surface area (Å²) in [5, 5.41) is 16.4. The summed E-state index contributed by atoms with van der Waals surface area (Å²) in [5.74, 6) is -0.339. The third kappa shape index (κ3) is 1.65. The molecule has 1 heterocycles. The van der Waals surface area contributed by atoms with Gasteiger partial charge in [0.05, 0.1) is 11.4 Å². The Balaban J connectivity index is 2.57. The van der Waals surface area contributed by atoms with Gasteiger partial charge >= 0.3 is 0 Å². The molecule has 0 saturated carbocycles. The molecule has 2 rings (SSSR count). The summed E-state index contributed by atoms with van der Waals surface area (Å²) in [6.07, 6.45) is 0.617. The molecule has 0 unspecified atom stereocenters. The first kappa shape index (κ1) is 10.3. The minimum atomic E-state index is -0.339. The highest BCUT2D eigenvalue weighted by molar-refractivity contribution is 5.36. The smallest absolute Gasteiger partial charge is 0.186 e. The van der Waals surface area contributed by atoms with Crippen LogP contribution in [-0.4, -0.2) is 15.0 Å². The molecule has 0 fully saturated rings. The lowest BCUT2D eigenvalue weighted by Gasteiger charge is -2.03. The van der Waals surface area contributed by atoms with Crippen molar-refractivity contribution in [1.29, 1.82) is 5.26 Å². The first-order valence-electron chi connectivity index (χ1n) is 4.87. The van der Waals surface area contributed by atoms with Crippen LogP contribution >= 0.6 is 0 Å². The van der Waals surface area contributed by atoms with Crippen molar-refractivity contribution in [2.24, 2.45) is 0 Å². The monoisotopic (exact) mass is 216 g/mol. The number of rotatable bonds is 2. The van der Waals surface area contributed by atoms with E-state index in [0.717, 1.165) is 0 Å². The van der Waals surface area contributed by atoms with Gasteiger partial charge in [0.2, 0.25) is 0 Å². The van der Waals surface area contributed by atoms with Crippen LogP contribution in [0.4, 0.5) is 4.39 Å². The third-order valence-corrected chi connectivity index (χ3v) is 2.26. The van der Waals surface area contributed by atoms with Gasteiger partial charge in [-0.15, -0.1) is 5.10 Å². The van der Waals surface area contributed by atoms with E-state index in [1.807, 2.05) is 13.0 Å². The molecule has 0 atom stereocenters. The number of hydrogen-bond acceptors (Lipinski definition) is 3. The second-order valence-corrected chi connectivity index (χ2v) is 3.24. The van der Waals surface area contributed by atoms with Crippen LogP contribution in [0.1, 0.15) is 18.3 Å². The van der Waals surface area contributed by atoms with Crippen LogP contribution in [0.15, 0.2) is 24.3 Å². The van der Waals surface area contributed by atoms with E-state index in [-0.39, 0.29) is 11.5 Å². The number of aromatic nitrogens is 3. The van der Waals surface area contributed by atoms with Crippen molar-refractivity contribution >= 4 is 0 Å². The van der Waals surface area contributed by atoms with Gasteiger partial charge < -0.3 is 0 Å². The lowest BCUT2D eigenvalue weighted by Crippen LogP contribution is -2.02. The molecule has 0 N–H and O–H groups in total. The maximum Gasteiger partial charge on any atom is 0.186 e. The molecular formula is C11H9FN4. The Morgan fingerprint density at radius 2 is 2.31 bits per heavy atom. The molecule has 2 aromatic rings. The SMILES string of the molecule is CCc1c(C#N)nnn1-c1cccc(F)c1. The number of hydrogen-bond donors (Lipinski definition) is 0. The van der Waals surface area contributed by atoms with Crippen molar-refractivity contribution in [2.75, 3.05) is 0 Å². The van der Waals surface area contributed by atoms with Gasteiger partial charge in [0.25, 0.3) is 0 Å². The minimum Gasteiger partial charge on any atom is -0.216 e. The second-order valence-electron chi connectivity index (χ2n) is 3.24. The zero-order valence-corrected chi connectivity index (χ0v) is 8.68. The molecule has 0 amide bonds. The van der Waals surface area contributed by atoms with Gasteiger partial charge in [-0.25, -0.2) is 9.07 Å². The largest absolute Gasteiger partial charge is 0.216 e. The Bertz CT molecular complexity index is 553. The van der Waals surface area contributed by atoms with E-state index in [1.165, 1.54) is 16.8 Å². The molecule has 0 radical (unpaired) electrons. The summed E-state index contributed by atoms with van der Waals surface area (Å²) in [4.78, 5) is 0. The predicted molar refractivity (Wildman–Crippen MR) is 55.4 cm³/mol. The summed E-state index contributed by atoms with van der Waals surface area (Å²) >= 11 is 0. The van der Waals surface area contributed by atoms with Crippen molar-refractivity contribution < 1.29 is 4.39 Å². The molecule has 0 saturated heterocycles. The second kappa shape index (κ2) is 4.11. The summed E-state index contributed by atoms with van der Waals surface area (Å²) in [5.41, 5.74) is 1.55. The van der Waals surface area contributed by atoms with Crippen LogP contribution < -0.4 is 0 Å². The normalized spacial score (nSPS) is 10.1. The van der Waals surface area contributed by atoms with Crippen LogP contribution in [-0.2, 0) is 6.42 Å². The Labute approximate surface area is 91.9 Å². The fourth-order valence-corrected chi connectivity index (χ4v) is 1.52. The fraction of sp³-hybridized carbons (Fsp3) is 0.182. The molecule has 0 aliphatic heterocycles. The van der Waals surface area contributed by atoms with Crippen molar-refractivity contribution in [1.82, 2.24) is 15.0 Å². The summed E-state index contributed by atoms with van der Waals surface area (Å²) in [7, 11) is 0. The van der Waals surface area contributed by atoms with Crippen molar-refractivity contribution in [3.05, 3.63) is 41.5 Å². The lowest BCUT2D eigenvalue weighted by atomic mass is 10.2. The van der Waals surface area contributed by atoms with Crippen LogP contribution in [0, 0.1) is 17.1 Å². The van der Waals surface area contributed by atoms with E-state index < -0.39 is 0 Å². The Kier molecular flexibility index (Phi) is 2.64. The summed E-state index contributed by atoms with van der Waals surface area (Å²) < 4.78 is 14.5. The third-order valence-electron chi connectivity index (χ3n) is 2.26. The average molecular weight is 216 g/mol. The molecule has 0 spiro atoms. The van der Waals surface area contributed by atoms with Crippen molar-refractivity contribution in [2.45, 2.75) is 13.3 Å². The van der Waals surface area contributed by atoms with Gasteiger partial charge in [0.1, 0.15) is 11.9 Å². The molecule has 0 bridgehead atoms. The lowest BCUT2D eigenvalue weighted by molar-refractivity contribution is 0.624. The molecule has 0 aliphatic carbocycles. The van der Waals surface area contributed by atoms with E-state index in [0.29, 0.717) is 17.8 Å². The fourth-order valence-electron chi connectivity index (χ4n) is 1.52. The molecule has 4 nitrogen and oxygen atoms in total. The van der Waals surface area contributed by atoms with Crippen LogP contribution in [0.3, 0.4) is 0 Å². The molecule has 5 heteroatoms. The highest BCUT2D eigenvalue weighted by Gasteiger charge is 2.11. The highest BCUT2D eigenvalue weighted by atomic mass is 19.1. The first-order chi connectivity index (χ1) is 7.76. The molecular weight excluding hydrogens is 207 g/mol. The maximum atomic E-state index is 13.1. The Morgan fingerprint density at radius 3 is 2.94 bits per heavy atom. The van der Waals surface area contributed by atoms with Crippen LogP contribution in [0.25, 0.3) is 5.69 Å². The van der Waals surface area contributed by atoms with E-state index >= 15 is 0 Å². The summed E-state index contributed by atoms with van der Waals surface area (Å²) in [6.45, 7) is 1.90. The molecule has 16 heavy (non-hydrogen) atoms. The maximum absolute atomic E-state index is 13.1. The van der Waals surface area contributed by atoms with Gasteiger partial charge in [-0.05, 0) is 24.6 Å². The molecule has 1 aromatic carbocycles. The molecule has 1 aromatic heterocycles. The number of nitrogens with zero attached hydrogens (tertiary/aromatic N) is 4. The van der Waals surface area contributed by atoms with E-state index in [1.54, 1.807) is 12.1 Å². The van der Waals surface area contributed by atoms with Crippen LogP contribution in [0.2, 0.25) is 0 Å². The van der Waals surface area contributed by atoms with Crippen molar-refractivity contribution in [3.8, 4) is 11.8 Å². The zero-order chi connectivity index (χ0) is 11.5. The Hall–Kier alpha value is -2.22. The molecule has 80 valence electrons. The minimum absolute atomic E-state index is 0.284. The average Bonchev–Trinajstić information content (AvgIpc) is 2.71. The predicted octanol–water partition coefficient (Wildman–Crippen LogP) is 1.84. The molecule has 0 aliphatic rings. The van der Waals surface area contributed by atoms with Gasteiger partial charge in [0.15, 0.2) is 5.69 Å². The Morgan fingerprint density at radius 1 is 1.50 bits per heavy atom. The number of halogens is 1. The zero-order valence-electron chi connectivity index (χ0n) is 8.68. The topological polar surface area (TPSA) is 54.5 Å². The first-order valence-corrected chi connectivity index (χ1v) is 4.87. The summed E-state index contributed by atoms with van der Waals surface area (Å²) in [6, 6.07) is 7.99. The van der Waals surface area contributed by atoms with E-state index in [9.17, 15) is 4.39 Å². The van der Waals surface area contributed by atoms with E-state index in [2.05, 4.69) is 10.3 Å². The van der Waals surface area contributed by atoms with Gasteiger partial charge in [-0.3, -0.25) is 0 Å². The number of nitriles is 1. The van der Waals surface area contributed by atoms with E-state index in [4.69, 9.17) is 5.26 Å². The number of benzene rings is 1. The standard InChI is InChI=1S/C11H9FN4/c1-2-11-10(7-13)14-15-16(11)9-5-3-4-8(12)6-9/h3-6H,2H2,1H3. The van der Waals surface area contributed by atoms with Gasteiger partial charge in [-0.2, -0.15) is 5.26 Å². The van der Waals surface area contributed by atoms with Gasteiger partial charge in [-0.1, -0.05) is 18.2 Å². The van der Waals surface area contributed by atoms with Crippen molar-refractivity contribution in [3.63, 3.8) is 0 Å². The van der Waals surface area contributed by atoms with Crippen LogP contribution in [0.5, 0.6) is 0 Å². The van der Waals surface area contributed by atoms with Gasteiger partial charge in [0, 0.05) is 0 Å². The quantitative estimate of drug-likeness (QED) is 0.769. The highest BCUT2D eigenvalue weighted by Crippen LogP contribution is 2.14.